The molecule has 0 unspecified atom stereocenters. The maximum absolute atomic E-state index is 5.91. The summed E-state index contributed by atoms with van der Waals surface area (Å²) in [5.74, 6) is 0. The van der Waals surface area contributed by atoms with Crippen LogP contribution in [0, 0.1) is 0 Å². The molecule has 0 saturated carbocycles. The fourth-order valence-electron chi connectivity index (χ4n) is 1.62. The first-order valence-electron chi connectivity index (χ1n) is 5.88. The molecule has 0 aliphatic carbocycles. The molecule has 4 nitrogen and oxygen atoms in total. The van der Waals surface area contributed by atoms with E-state index in [1.807, 2.05) is 29.1 Å². The van der Waals surface area contributed by atoms with Gasteiger partial charge in [-0.3, -0.25) is 4.68 Å². The average molecular weight is 345 g/mol. The van der Waals surface area contributed by atoms with Gasteiger partial charge in [-0.2, -0.15) is 5.10 Å². The lowest BCUT2D eigenvalue weighted by Gasteiger charge is -2.06. The number of benzene rings is 1. The zero-order chi connectivity index (χ0) is 13.7. The quantitative estimate of drug-likeness (QED) is 0.871. The summed E-state index contributed by atoms with van der Waals surface area (Å²) in [6, 6.07) is 5.76. The van der Waals surface area contributed by atoms with Gasteiger partial charge in [0.05, 0.1) is 25.0 Å². The smallest absolute Gasteiger partial charge is 0.0729 e. The Morgan fingerprint density at radius 2 is 2.32 bits per heavy atom. The number of hydrogen-bond donors (Lipinski definition) is 1. The van der Waals surface area contributed by atoms with Gasteiger partial charge in [0.25, 0.3) is 0 Å². The highest BCUT2D eigenvalue weighted by atomic mass is 79.9. The van der Waals surface area contributed by atoms with E-state index >= 15 is 0 Å². The Kier molecular flexibility index (Phi) is 5.24. The fraction of sp³-hybridized carbons (Fsp3) is 0.308. The summed E-state index contributed by atoms with van der Waals surface area (Å²) in [6.45, 7) is 2.13. The summed E-state index contributed by atoms with van der Waals surface area (Å²) in [4.78, 5) is 0. The molecule has 0 atom stereocenters. The normalized spacial score (nSPS) is 10.7. The van der Waals surface area contributed by atoms with Gasteiger partial charge in [-0.15, -0.1) is 0 Å². The van der Waals surface area contributed by atoms with Crippen LogP contribution in [0.4, 0.5) is 5.69 Å². The number of nitrogens with zero attached hydrogens (tertiary/aromatic N) is 2. The van der Waals surface area contributed by atoms with E-state index in [9.17, 15) is 0 Å². The number of ether oxygens (including phenoxy) is 1. The Morgan fingerprint density at radius 1 is 1.47 bits per heavy atom. The standard InChI is InChI=1S/C13H15BrClN3O/c1-19-5-4-18-9-12(8-17-18)16-7-10-2-3-11(15)6-13(10)14/h2-3,6,8-9,16H,4-5,7H2,1H3. The molecule has 0 bridgehead atoms. The number of hydrogen-bond acceptors (Lipinski definition) is 3. The van der Waals surface area contributed by atoms with Gasteiger partial charge in [0.15, 0.2) is 0 Å². The lowest BCUT2D eigenvalue weighted by molar-refractivity contribution is 0.183. The first-order valence-corrected chi connectivity index (χ1v) is 7.05. The highest BCUT2D eigenvalue weighted by Crippen LogP contribution is 2.22. The van der Waals surface area contributed by atoms with Crippen molar-refractivity contribution in [1.29, 1.82) is 0 Å². The van der Waals surface area contributed by atoms with E-state index in [1.54, 1.807) is 13.3 Å². The molecule has 1 heterocycles. The van der Waals surface area contributed by atoms with Crippen molar-refractivity contribution in [2.24, 2.45) is 0 Å². The van der Waals surface area contributed by atoms with Gasteiger partial charge < -0.3 is 10.1 Å². The predicted molar refractivity (Wildman–Crippen MR) is 80.6 cm³/mol. The van der Waals surface area contributed by atoms with Crippen molar-refractivity contribution in [2.45, 2.75) is 13.1 Å². The van der Waals surface area contributed by atoms with Crippen LogP contribution in [0.25, 0.3) is 0 Å². The van der Waals surface area contributed by atoms with Crippen molar-refractivity contribution >= 4 is 33.2 Å². The molecule has 0 spiro atoms. The van der Waals surface area contributed by atoms with E-state index in [0.717, 1.165) is 27.3 Å². The molecule has 0 radical (unpaired) electrons. The van der Waals surface area contributed by atoms with Gasteiger partial charge >= 0.3 is 0 Å². The third kappa shape index (κ3) is 4.23. The Labute approximate surface area is 125 Å². The van der Waals surface area contributed by atoms with Crippen LogP contribution in [-0.2, 0) is 17.8 Å². The van der Waals surface area contributed by atoms with E-state index in [0.29, 0.717) is 13.2 Å². The second-order valence-corrected chi connectivity index (χ2v) is 5.36. The van der Waals surface area contributed by atoms with E-state index in [4.69, 9.17) is 16.3 Å². The van der Waals surface area contributed by atoms with Gasteiger partial charge in [-0.05, 0) is 17.7 Å². The van der Waals surface area contributed by atoms with E-state index in [2.05, 4.69) is 26.3 Å². The molecule has 2 rings (SSSR count). The molecule has 2 aromatic rings. The third-order valence-electron chi connectivity index (χ3n) is 2.66. The van der Waals surface area contributed by atoms with Crippen LogP contribution < -0.4 is 5.32 Å². The minimum atomic E-state index is 0.657. The van der Waals surface area contributed by atoms with Gasteiger partial charge in [0.1, 0.15) is 0 Å². The number of aromatic nitrogens is 2. The van der Waals surface area contributed by atoms with Crippen molar-refractivity contribution in [3.63, 3.8) is 0 Å². The molecule has 102 valence electrons. The van der Waals surface area contributed by atoms with Crippen LogP contribution >= 0.6 is 27.5 Å². The van der Waals surface area contributed by atoms with Gasteiger partial charge in [0, 0.05) is 29.3 Å². The lowest BCUT2D eigenvalue weighted by atomic mass is 10.2. The summed E-state index contributed by atoms with van der Waals surface area (Å²) in [5, 5.41) is 8.29. The van der Waals surface area contributed by atoms with Crippen molar-refractivity contribution < 1.29 is 4.74 Å². The van der Waals surface area contributed by atoms with Crippen LogP contribution in [0.5, 0.6) is 0 Å². The molecule has 0 saturated heterocycles. The fourth-order valence-corrected chi connectivity index (χ4v) is 2.45. The summed E-state index contributed by atoms with van der Waals surface area (Å²) in [7, 11) is 1.68. The Morgan fingerprint density at radius 3 is 3.05 bits per heavy atom. The molecule has 6 heteroatoms. The van der Waals surface area contributed by atoms with Crippen LogP contribution in [-0.4, -0.2) is 23.5 Å². The second kappa shape index (κ2) is 6.93. The predicted octanol–water partition coefficient (Wildman–Crippen LogP) is 3.56. The summed E-state index contributed by atoms with van der Waals surface area (Å²) >= 11 is 9.41. The zero-order valence-electron chi connectivity index (χ0n) is 10.6. The summed E-state index contributed by atoms with van der Waals surface area (Å²) in [6.07, 6.45) is 3.77. The zero-order valence-corrected chi connectivity index (χ0v) is 12.9. The van der Waals surface area contributed by atoms with E-state index in [-0.39, 0.29) is 0 Å². The number of nitrogens with one attached hydrogen (secondary N) is 1. The molecular formula is C13H15BrClN3O. The first-order chi connectivity index (χ1) is 9.19. The first kappa shape index (κ1) is 14.4. The molecule has 0 fully saturated rings. The summed E-state index contributed by atoms with van der Waals surface area (Å²) < 4.78 is 7.86. The third-order valence-corrected chi connectivity index (χ3v) is 3.63. The van der Waals surface area contributed by atoms with Crippen molar-refractivity contribution in [1.82, 2.24) is 9.78 Å². The molecule has 1 aromatic carbocycles. The Balaban J connectivity index is 1.92. The minimum absolute atomic E-state index is 0.657. The minimum Gasteiger partial charge on any atom is -0.383 e. The number of anilines is 1. The number of rotatable bonds is 6. The monoisotopic (exact) mass is 343 g/mol. The molecule has 0 aliphatic rings. The van der Waals surface area contributed by atoms with Crippen LogP contribution in [0.1, 0.15) is 5.56 Å². The van der Waals surface area contributed by atoms with Crippen LogP contribution in [0.3, 0.4) is 0 Å². The van der Waals surface area contributed by atoms with Gasteiger partial charge in [0.2, 0.25) is 0 Å². The van der Waals surface area contributed by atoms with Crippen molar-refractivity contribution in [3.05, 3.63) is 45.7 Å². The van der Waals surface area contributed by atoms with Crippen molar-refractivity contribution in [3.8, 4) is 0 Å². The maximum Gasteiger partial charge on any atom is 0.0729 e. The number of methoxy groups -OCH3 is 1. The molecule has 0 amide bonds. The topological polar surface area (TPSA) is 39.1 Å². The highest BCUT2D eigenvalue weighted by Gasteiger charge is 2.02. The summed E-state index contributed by atoms with van der Waals surface area (Å²) in [5.41, 5.74) is 2.13. The number of halogens is 2. The second-order valence-electron chi connectivity index (χ2n) is 4.07. The van der Waals surface area contributed by atoms with E-state index < -0.39 is 0 Å². The Bertz CT molecular complexity index is 544. The van der Waals surface area contributed by atoms with Gasteiger partial charge in [-0.25, -0.2) is 0 Å². The Hall–Kier alpha value is -1.04. The largest absolute Gasteiger partial charge is 0.383 e. The van der Waals surface area contributed by atoms with Crippen LogP contribution in [0.15, 0.2) is 35.1 Å². The van der Waals surface area contributed by atoms with Crippen LogP contribution in [0.2, 0.25) is 5.02 Å². The molecule has 19 heavy (non-hydrogen) atoms. The lowest BCUT2D eigenvalue weighted by Crippen LogP contribution is -2.04. The highest BCUT2D eigenvalue weighted by molar-refractivity contribution is 9.10. The molecule has 0 aliphatic heterocycles. The molecule has 1 aromatic heterocycles. The van der Waals surface area contributed by atoms with E-state index in [1.165, 1.54) is 0 Å². The maximum atomic E-state index is 5.91. The van der Waals surface area contributed by atoms with Crippen molar-refractivity contribution in [2.75, 3.05) is 19.0 Å². The average Bonchev–Trinajstić information content (AvgIpc) is 2.83. The molecular weight excluding hydrogens is 330 g/mol. The van der Waals surface area contributed by atoms with Gasteiger partial charge in [-0.1, -0.05) is 33.6 Å². The molecule has 1 N–H and O–H groups in total. The SMILES string of the molecule is COCCn1cc(NCc2ccc(Cl)cc2Br)cn1.